The molecule has 0 radical (unpaired) electrons. The topological polar surface area (TPSA) is 65.5 Å². The number of carbonyl (C=O) groups is 1. The molecule has 6 nitrogen and oxygen atoms in total. The van der Waals surface area contributed by atoms with Crippen LogP contribution in [-0.4, -0.2) is 41.8 Å². The Hall–Kier alpha value is -2.06. The van der Waals surface area contributed by atoms with E-state index in [0.29, 0.717) is 18.1 Å². The van der Waals surface area contributed by atoms with Crippen molar-refractivity contribution in [1.82, 2.24) is 14.5 Å². The number of hydroxylamine groups is 2. The molecule has 2 aromatic rings. The number of rotatable bonds is 27. The average molecular weight is 654 g/mol. The highest BCUT2D eigenvalue weighted by atomic mass is 32.1. The maximum atomic E-state index is 14.5. The first-order chi connectivity index (χ1) is 22.5. The Morgan fingerprint density at radius 3 is 2.15 bits per heavy atom. The number of hydrogen-bond donors (Lipinski definition) is 0. The van der Waals surface area contributed by atoms with E-state index in [9.17, 15) is 10.0 Å². The molecule has 2 unspecified atom stereocenters. The Labute approximate surface area is 284 Å². The lowest BCUT2D eigenvalue weighted by Gasteiger charge is -2.38. The lowest BCUT2D eigenvalue weighted by molar-refractivity contribution is -0.153. The molecule has 0 N–H and O–H groups in total. The largest absolute Gasteiger partial charge is 0.622 e. The number of allylic oxidation sites excluding steroid dienone is 2. The normalized spacial score (nSPS) is 18.3. The van der Waals surface area contributed by atoms with Crippen LogP contribution < -0.4 is 4.65 Å². The molecule has 2 heterocycles. The van der Waals surface area contributed by atoms with Crippen molar-refractivity contribution in [3.8, 4) is 0 Å². The zero-order valence-corrected chi connectivity index (χ0v) is 29.8. The molecule has 1 aliphatic heterocycles. The molecular formula is C39H63N3O3S. The number of ether oxygens (including phenoxy) is 1. The first-order valence-corrected chi connectivity index (χ1v) is 19.4. The first-order valence-electron chi connectivity index (χ1n) is 18.6. The average Bonchev–Trinajstić information content (AvgIpc) is 3.62. The lowest BCUT2D eigenvalue weighted by atomic mass is 10.0. The summed E-state index contributed by atoms with van der Waals surface area (Å²) in [6.45, 7) is 11.4. The van der Waals surface area contributed by atoms with E-state index in [0.717, 1.165) is 74.5 Å². The van der Waals surface area contributed by atoms with Crippen molar-refractivity contribution in [2.75, 3.05) is 19.8 Å². The van der Waals surface area contributed by atoms with Crippen LogP contribution in [0.5, 0.6) is 0 Å². The van der Waals surface area contributed by atoms with E-state index in [-0.39, 0.29) is 12.6 Å². The summed E-state index contributed by atoms with van der Waals surface area (Å²) in [5.41, 5.74) is 2.08. The number of fused-ring (bicyclic) bond motifs is 1. The van der Waals surface area contributed by atoms with Crippen molar-refractivity contribution < 1.29 is 9.53 Å². The quantitative estimate of drug-likeness (QED) is 0.0315. The molecule has 1 aromatic heterocycles. The second-order valence-electron chi connectivity index (χ2n) is 13.4. The van der Waals surface area contributed by atoms with Gasteiger partial charge in [0.15, 0.2) is 0 Å². The molecule has 0 amide bonds. The number of aryl methyl sites for hydroxylation is 1. The third kappa shape index (κ3) is 13.6. The SMILES string of the molecule is C=CCCCCN1CC(OC(=O)CCCCCCCCCCCCCCCCC)[N+]([O-])(c2nc3cc(CCCC=C)ccc3s2)C1. The Kier molecular flexibility index (Phi) is 18.8. The number of thiazole rings is 1. The second-order valence-corrected chi connectivity index (χ2v) is 14.4. The zero-order chi connectivity index (χ0) is 32.9. The van der Waals surface area contributed by atoms with Crippen LogP contribution in [-0.2, 0) is 16.0 Å². The molecule has 1 fully saturated rings. The number of aromatic nitrogens is 1. The van der Waals surface area contributed by atoms with Crippen molar-refractivity contribution in [2.24, 2.45) is 0 Å². The van der Waals surface area contributed by atoms with Gasteiger partial charge < -0.3 is 9.94 Å². The molecule has 258 valence electrons. The number of quaternary nitrogens is 1. The van der Waals surface area contributed by atoms with Gasteiger partial charge in [-0.15, -0.1) is 13.2 Å². The Balaban J connectivity index is 1.42. The highest BCUT2D eigenvalue weighted by Crippen LogP contribution is 2.38. The Morgan fingerprint density at radius 2 is 1.52 bits per heavy atom. The zero-order valence-electron chi connectivity index (χ0n) is 29.0. The number of nitrogens with zero attached hydrogens (tertiary/aromatic N) is 3. The molecule has 7 heteroatoms. The van der Waals surface area contributed by atoms with Crippen LogP contribution in [0.4, 0.5) is 5.13 Å². The van der Waals surface area contributed by atoms with Gasteiger partial charge in [-0.3, -0.25) is 9.44 Å². The van der Waals surface area contributed by atoms with Crippen LogP contribution in [0, 0.1) is 5.21 Å². The number of esters is 1. The van der Waals surface area contributed by atoms with E-state index in [1.165, 1.54) is 94.0 Å². The molecule has 0 aliphatic carbocycles. The predicted molar refractivity (Wildman–Crippen MR) is 198 cm³/mol. The van der Waals surface area contributed by atoms with Crippen LogP contribution in [0.15, 0.2) is 43.5 Å². The van der Waals surface area contributed by atoms with Gasteiger partial charge in [-0.2, -0.15) is 4.98 Å². The lowest BCUT2D eigenvalue weighted by Crippen LogP contribution is -2.50. The fourth-order valence-electron chi connectivity index (χ4n) is 6.47. The van der Waals surface area contributed by atoms with E-state index in [2.05, 4.69) is 43.2 Å². The summed E-state index contributed by atoms with van der Waals surface area (Å²) in [6, 6.07) is 6.31. The van der Waals surface area contributed by atoms with Crippen molar-refractivity contribution >= 4 is 32.7 Å². The van der Waals surface area contributed by atoms with Crippen molar-refractivity contribution in [2.45, 2.75) is 154 Å². The van der Waals surface area contributed by atoms with E-state index in [4.69, 9.17) is 9.72 Å². The molecule has 0 saturated carbocycles. The minimum Gasteiger partial charge on any atom is -0.622 e. The summed E-state index contributed by atoms with van der Waals surface area (Å²) in [5.74, 6) is -0.253. The number of hydrogen-bond acceptors (Lipinski definition) is 6. The van der Waals surface area contributed by atoms with Crippen LogP contribution in [0.3, 0.4) is 0 Å². The minimum absolute atomic E-state index is 0.253. The van der Waals surface area contributed by atoms with E-state index in [1.807, 2.05) is 12.2 Å². The summed E-state index contributed by atoms with van der Waals surface area (Å²) in [4.78, 5) is 20.0. The van der Waals surface area contributed by atoms with Gasteiger partial charge in [0.05, 0.1) is 16.8 Å². The van der Waals surface area contributed by atoms with Crippen molar-refractivity contribution in [3.63, 3.8) is 0 Å². The van der Waals surface area contributed by atoms with Gasteiger partial charge in [0.25, 0.3) is 11.4 Å². The molecular weight excluding hydrogens is 591 g/mol. The fourth-order valence-corrected chi connectivity index (χ4v) is 7.49. The van der Waals surface area contributed by atoms with Gasteiger partial charge >= 0.3 is 5.97 Å². The third-order valence-corrected chi connectivity index (χ3v) is 10.5. The van der Waals surface area contributed by atoms with Crippen LogP contribution >= 0.6 is 11.3 Å². The molecule has 3 rings (SSSR count). The first kappa shape index (κ1) is 38.4. The number of unbranched alkanes of at least 4 members (excludes halogenated alkanes) is 17. The van der Waals surface area contributed by atoms with E-state index in [1.54, 1.807) is 0 Å². The molecule has 1 aromatic carbocycles. The second kappa shape index (κ2) is 22.5. The maximum absolute atomic E-state index is 14.5. The summed E-state index contributed by atoms with van der Waals surface area (Å²) in [7, 11) is 0. The molecule has 0 spiro atoms. The summed E-state index contributed by atoms with van der Waals surface area (Å²) in [5, 5.41) is 15.0. The molecule has 1 aliphatic rings. The van der Waals surface area contributed by atoms with Crippen molar-refractivity contribution in [3.05, 3.63) is 54.3 Å². The van der Waals surface area contributed by atoms with Gasteiger partial charge in [-0.25, -0.2) is 4.90 Å². The fraction of sp³-hybridized carbons (Fsp3) is 0.692. The third-order valence-electron chi connectivity index (χ3n) is 9.31. The Bertz CT molecular complexity index is 1150. The number of carbonyl (C=O) groups excluding carboxylic acids is 1. The van der Waals surface area contributed by atoms with Gasteiger partial charge in [-0.1, -0.05) is 126 Å². The molecule has 0 bridgehead atoms. The minimum atomic E-state index is -0.782. The standard InChI is InChI=1S/C39H63N3O3S/c1-4-7-10-12-13-14-15-16-17-18-19-20-21-22-24-27-38(43)45-37-32-41(30-25-11-8-5-2)33-42(37,44)39-40-35-31-34(26-23-9-6-3)28-29-36(35)46-39/h5-6,28-29,31,37H,2-4,7-27,30,32-33H2,1H3. The molecule has 1 saturated heterocycles. The highest BCUT2D eigenvalue weighted by molar-refractivity contribution is 7.22. The summed E-state index contributed by atoms with van der Waals surface area (Å²) < 4.78 is 6.26. The molecule has 46 heavy (non-hydrogen) atoms. The van der Waals surface area contributed by atoms with Crippen LogP contribution in [0.25, 0.3) is 10.2 Å². The van der Waals surface area contributed by atoms with Gasteiger partial charge in [-0.05, 0) is 62.6 Å². The monoisotopic (exact) mass is 653 g/mol. The smallest absolute Gasteiger partial charge is 0.310 e. The summed E-state index contributed by atoms with van der Waals surface area (Å²) >= 11 is 1.44. The van der Waals surface area contributed by atoms with Gasteiger partial charge in [0.2, 0.25) is 0 Å². The van der Waals surface area contributed by atoms with Gasteiger partial charge in [0, 0.05) is 13.0 Å². The Morgan fingerprint density at radius 1 is 0.913 bits per heavy atom. The maximum Gasteiger partial charge on any atom is 0.310 e. The van der Waals surface area contributed by atoms with Gasteiger partial charge in [0.1, 0.15) is 6.67 Å². The predicted octanol–water partition coefficient (Wildman–Crippen LogP) is 11.4. The molecule has 2 atom stereocenters. The van der Waals surface area contributed by atoms with E-state index >= 15 is 0 Å². The number of benzene rings is 1. The van der Waals surface area contributed by atoms with Crippen molar-refractivity contribution in [1.29, 1.82) is 0 Å². The highest BCUT2D eigenvalue weighted by Gasteiger charge is 2.46. The van der Waals surface area contributed by atoms with Crippen LogP contribution in [0.1, 0.15) is 147 Å². The summed E-state index contributed by atoms with van der Waals surface area (Å²) in [6.07, 6.45) is 28.8. The van der Waals surface area contributed by atoms with E-state index < -0.39 is 10.9 Å². The van der Waals surface area contributed by atoms with Crippen LogP contribution in [0.2, 0.25) is 0 Å².